The summed E-state index contributed by atoms with van der Waals surface area (Å²) in [5, 5.41) is 0.716. The van der Waals surface area contributed by atoms with Crippen LogP contribution in [0.3, 0.4) is 0 Å². The topological polar surface area (TPSA) is 50.3 Å². The Morgan fingerprint density at radius 1 is 1.12 bits per heavy atom. The second-order valence-electron chi connectivity index (χ2n) is 6.42. The third kappa shape index (κ3) is 2.63. The Morgan fingerprint density at radius 2 is 1.88 bits per heavy atom. The van der Waals surface area contributed by atoms with E-state index in [1.54, 1.807) is 18.3 Å². The number of nitrogens with zero attached hydrogens (tertiary/aromatic N) is 2. The van der Waals surface area contributed by atoms with Crippen LogP contribution in [-0.4, -0.2) is 19.9 Å². The quantitative estimate of drug-likeness (QED) is 0.682. The minimum atomic E-state index is -3.96. The number of para-hydroxylation sites is 1. The molecule has 134 valence electrons. The minimum Gasteiger partial charge on any atom is -0.266 e. The largest absolute Gasteiger partial charge is 0.266 e. The number of anilines is 1. The molecule has 4 rings (SSSR count). The van der Waals surface area contributed by atoms with Crippen molar-refractivity contribution in [3.05, 3.63) is 65.4 Å². The number of pyridine rings is 1. The van der Waals surface area contributed by atoms with Gasteiger partial charge in [-0.05, 0) is 49.1 Å². The first kappa shape index (κ1) is 16.9. The molecular weight excluding hydrogens is 358 g/mol. The predicted octanol–water partition coefficient (Wildman–Crippen LogP) is 3.96. The highest BCUT2D eigenvalue weighted by Crippen LogP contribution is 2.35. The van der Waals surface area contributed by atoms with Gasteiger partial charge in [-0.1, -0.05) is 12.1 Å². The summed E-state index contributed by atoms with van der Waals surface area (Å²) >= 11 is 0. The molecule has 1 aromatic heterocycles. The van der Waals surface area contributed by atoms with Crippen LogP contribution in [0.4, 0.5) is 14.5 Å². The van der Waals surface area contributed by atoms with E-state index in [0.717, 1.165) is 22.0 Å². The van der Waals surface area contributed by atoms with E-state index in [9.17, 15) is 17.2 Å². The number of halogens is 2. The summed E-state index contributed by atoms with van der Waals surface area (Å²) in [6.45, 7) is 2.09. The van der Waals surface area contributed by atoms with Gasteiger partial charge >= 0.3 is 0 Å². The number of benzene rings is 2. The molecule has 2 aromatic carbocycles. The molecule has 0 fully saturated rings. The van der Waals surface area contributed by atoms with Gasteiger partial charge in [-0.15, -0.1) is 0 Å². The first-order chi connectivity index (χ1) is 12.4. The van der Waals surface area contributed by atoms with Crippen LogP contribution in [0.1, 0.15) is 17.5 Å². The molecule has 7 heteroatoms. The van der Waals surface area contributed by atoms with E-state index in [4.69, 9.17) is 0 Å². The van der Waals surface area contributed by atoms with Gasteiger partial charge in [0.2, 0.25) is 0 Å². The van der Waals surface area contributed by atoms with Crippen LogP contribution in [0, 0.1) is 18.6 Å². The Bertz CT molecular complexity index is 1130. The summed E-state index contributed by atoms with van der Waals surface area (Å²) in [6, 6.07) is 8.86. The molecule has 26 heavy (non-hydrogen) atoms. The smallest absolute Gasteiger partial charge is 0.266 e. The summed E-state index contributed by atoms with van der Waals surface area (Å²) in [5.41, 5.74) is 1.97. The summed E-state index contributed by atoms with van der Waals surface area (Å²) in [6.07, 6.45) is 2.65. The lowest BCUT2D eigenvalue weighted by molar-refractivity contribution is 0.505. The molecule has 0 saturated carbocycles. The second-order valence-corrected chi connectivity index (χ2v) is 8.25. The van der Waals surface area contributed by atoms with Crippen LogP contribution in [0.5, 0.6) is 0 Å². The number of aryl methyl sites for hydroxylation is 2. The maximum absolute atomic E-state index is 13.8. The SMILES string of the molecule is Cc1cnc2c(S(=O)(=O)N3CCCc4cc(F)c(F)cc43)cccc2c1. The zero-order valence-corrected chi connectivity index (χ0v) is 14.9. The molecule has 0 bridgehead atoms. The van der Waals surface area contributed by atoms with Gasteiger partial charge in [0.1, 0.15) is 4.90 Å². The van der Waals surface area contributed by atoms with Crippen molar-refractivity contribution < 1.29 is 17.2 Å². The fraction of sp³-hybridized carbons (Fsp3) is 0.211. The molecule has 0 radical (unpaired) electrons. The van der Waals surface area contributed by atoms with Crippen molar-refractivity contribution in [2.24, 2.45) is 0 Å². The Balaban J connectivity index is 1.91. The third-order valence-corrected chi connectivity index (χ3v) is 6.42. The first-order valence-corrected chi connectivity index (χ1v) is 9.68. The van der Waals surface area contributed by atoms with E-state index in [1.165, 1.54) is 6.07 Å². The average molecular weight is 374 g/mol. The molecular formula is C19H16F2N2O2S. The van der Waals surface area contributed by atoms with E-state index >= 15 is 0 Å². The molecule has 0 N–H and O–H groups in total. The molecule has 2 heterocycles. The highest BCUT2D eigenvalue weighted by atomic mass is 32.2. The van der Waals surface area contributed by atoms with E-state index < -0.39 is 21.7 Å². The van der Waals surface area contributed by atoms with Gasteiger partial charge in [-0.3, -0.25) is 9.29 Å². The number of sulfonamides is 1. The summed E-state index contributed by atoms with van der Waals surface area (Å²) < 4.78 is 55.1. The molecule has 0 spiro atoms. The van der Waals surface area contributed by atoms with Gasteiger partial charge in [0, 0.05) is 24.2 Å². The van der Waals surface area contributed by atoms with E-state index in [2.05, 4.69) is 4.98 Å². The van der Waals surface area contributed by atoms with Crippen molar-refractivity contribution in [2.75, 3.05) is 10.8 Å². The number of aromatic nitrogens is 1. The molecule has 0 saturated heterocycles. The fourth-order valence-electron chi connectivity index (χ4n) is 3.36. The van der Waals surface area contributed by atoms with Crippen LogP contribution in [0.25, 0.3) is 10.9 Å². The normalized spacial score (nSPS) is 14.5. The van der Waals surface area contributed by atoms with Crippen LogP contribution in [0.2, 0.25) is 0 Å². The molecule has 1 aliphatic rings. The zero-order valence-electron chi connectivity index (χ0n) is 14.0. The Hall–Kier alpha value is -2.54. The third-order valence-electron chi connectivity index (χ3n) is 4.58. The second kappa shape index (κ2) is 6.02. The Kier molecular flexibility index (Phi) is 3.91. The van der Waals surface area contributed by atoms with E-state index in [1.807, 2.05) is 13.0 Å². The maximum Gasteiger partial charge on any atom is 0.266 e. The Labute approximate surface area is 150 Å². The molecule has 0 aliphatic carbocycles. The van der Waals surface area contributed by atoms with Crippen molar-refractivity contribution in [2.45, 2.75) is 24.7 Å². The number of hydrogen-bond acceptors (Lipinski definition) is 3. The van der Waals surface area contributed by atoms with Gasteiger partial charge < -0.3 is 0 Å². The van der Waals surface area contributed by atoms with Crippen molar-refractivity contribution in [3.8, 4) is 0 Å². The van der Waals surface area contributed by atoms with Crippen LogP contribution in [0.15, 0.2) is 47.5 Å². The van der Waals surface area contributed by atoms with Gasteiger partial charge in [0.05, 0.1) is 11.2 Å². The molecule has 4 nitrogen and oxygen atoms in total. The van der Waals surface area contributed by atoms with Gasteiger partial charge in [-0.25, -0.2) is 17.2 Å². The molecule has 1 aliphatic heterocycles. The number of rotatable bonds is 2. The van der Waals surface area contributed by atoms with E-state index in [0.29, 0.717) is 29.3 Å². The van der Waals surface area contributed by atoms with Gasteiger partial charge in [-0.2, -0.15) is 0 Å². The molecule has 0 amide bonds. The Morgan fingerprint density at radius 3 is 2.69 bits per heavy atom. The van der Waals surface area contributed by atoms with E-state index in [-0.39, 0.29) is 17.1 Å². The predicted molar refractivity (Wildman–Crippen MR) is 95.7 cm³/mol. The monoisotopic (exact) mass is 374 g/mol. The van der Waals surface area contributed by atoms with Crippen molar-refractivity contribution in [3.63, 3.8) is 0 Å². The van der Waals surface area contributed by atoms with Crippen LogP contribution >= 0.6 is 0 Å². The maximum atomic E-state index is 13.8. The van der Waals surface area contributed by atoms with Crippen LogP contribution in [-0.2, 0) is 16.4 Å². The standard InChI is InChI=1S/C19H16F2N2O2S/c1-12-8-14-4-2-6-18(19(14)22-11-12)26(24,25)23-7-3-5-13-9-15(20)16(21)10-17(13)23/h2,4,6,8-11H,3,5,7H2,1H3. The number of fused-ring (bicyclic) bond motifs is 2. The summed E-state index contributed by atoms with van der Waals surface area (Å²) in [7, 11) is -3.96. The fourth-order valence-corrected chi connectivity index (χ4v) is 5.06. The lowest BCUT2D eigenvalue weighted by atomic mass is 10.0. The molecule has 0 unspecified atom stereocenters. The van der Waals surface area contributed by atoms with Crippen LogP contribution < -0.4 is 4.31 Å². The average Bonchev–Trinajstić information content (AvgIpc) is 2.61. The number of hydrogen-bond donors (Lipinski definition) is 0. The lowest BCUT2D eigenvalue weighted by Gasteiger charge is -2.30. The first-order valence-electron chi connectivity index (χ1n) is 8.24. The highest BCUT2D eigenvalue weighted by Gasteiger charge is 2.31. The van der Waals surface area contributed by atoms with Gasteiger partial charge in [0.15, 0.2) is 11.6 Å². The minimum absolute atomic E-state index is 0.0626. The van der Waals surface area contributed by atoms with Gasteiger partial charge in [0.25, 0.3) is 10.0 Å². The molecule has 0 atom stereocenters. The zero-order chi connectivity index (χ0) is 18.5. The van der Waals surface area contributed by atoms with Crippen molar-refractivity contribution >= 4 is 26.6 Å². The highest BCUT2D eigenvalue weighted by molar-refractivity contribution is 7.93. The van der Waals surface area contributed by atoms with Crippen molar-refractivity contribution in [1.29, 1.82) is 0 Å². The lowest BCUT2D eigenvalue weighted by Crippen LogP contribution is -2.36. The summed E-state index contributed by atoms with van der Waals surface area (Å²) in [4.78, 5) is 4.35. The molecule has 3 aromatic rings. The van der Waals surface area contributed by atoms with Crippen molar-refractivity contribution in [1.82, 2.24) is 4.98 Å². The summed E-state index contributed by atoms with van der Waals surface area (Å²) in [5.74, 6) is -2.03.